The summed E-state index contributed by atoms with van der Waals surface area (Å²) in [5, 5.41) is 22.9. The van der Waals surface area contributed by atoms with Crippen molar-refractivity contribution < 1.29 is 24.4 Å². The summed E-state index contributed by atoms with van der Waals surface area (Å²) in [5.41, 5.74) is 1.83. The molecule has 0 amide bonds. The summed E-state index contributed by atoms with van der Waals surface area (Å²) in [5.74, 6) is -1.73. The molecular formula is C34H24ClN3O6. The highest BCUT2D eigenvalue weighted by atomic mass is 35.5. The first-order valence-corrected chi connectivity index (χ1v) is 13.7. The molecule has 4 aromatic carbocycles. The predicted octanol–water partition coefficient (Wildman–Crippen LogP) is 6.79. The molecule has 44 heavy (non-hydrogen) atoms. The van der Waals surface area contributed by atoms with E-state index < -0.39 is 28.4 Å². The van der Waals surface area contributed by atoms with Crippen LogP contribution in [0.3, 0.4) is 0 Å². The summed E-state index contributed by atoms with van der Waals surface area (Å²) in [6.07, 6.45) is -0.228. The van der Waals surface area contributed by atoms with Gasteiger partial charge in [0, 0.05) is 57.7 Å². The lowest BCUT2D eigenvalue weighted by Gasteiger charge is -2.19. The summed E-state index contributed by atoms with van der Waals surface area (Å²) in [4.78, 5) is 56.9. The van der Waals surface area contributed by atoms with Gasteiger partial charge in [-0.05, 0) is 60.7 Å². The third-order valence-electron chi connectivity index (χ3n) is 7.08. The number of aromatic nitrogens is 1. The molecule has 5 rings (SSSR count). The van der Waals surface area contributed by atoms with E-state index in [2.05, 4.69) is 4.98 Å². The van der Waals surface area contributed by atoms with Gasteiger partial charge in [-0.2, -0.15) is 0 Å². The second-order valence-electron chi connectivity index (χ2n) is 9.83. The van der Waals surface area contributed by atoms with E-state index in [9.17, 15) is 29.6 Å². The highest BCUT2D eigenvalue weighted by Crippen LogP contribution is 2.28. The van der Waals surface area contributed by atoms with Crippen LogP contribution < -0.4 is 4.90 Å². The molecule has 0 saturated heterocycles. The fourth-order valence-corrected chi connectivity index (χ4v) is 4.73. The van der Waals surface area contributed by atoms with Gasteiger partial charge in [0.25, 0.3) is 5.69 Å². The number of hydrogen-bond acceptors (Lipinski definition) is 8. The number of benzene rings is 4. The van der Waals surface area contributed by atoms with Crippen molar-refractivity contribution in [3.8, 4) is 0 Å². The molecule has 0 radical (unpaired) electrons. The molecule has 0 bridgehead atoms. The number of carbonyl (C=O) groups excluding carboxylic acids is 3. The summed E-state index contributed by atoms with van der Waals surface area (Å²) in [6, 6.07) is 27.6. The lowest BCUT2D eigenvalue weighted by atomic mass is 9.89. The maximum Gasteiger partial charge on any atom is 0.269 e. The maximum absolute atomic E-state index is 13.5. The number of nitro benzene ring substituents is 1. The summed E-state index contributed by atoms with van der Waals surface area (Å²) in [7, 11) is 1.85. The van der Waals surface area contributed by atoms with Crippen LogP contribution in [0, 0.1) is 10.1 Å². The molecule has 1 unspecified atom stereocenters. The number of aliphatic hydroxyl groups is 1. The molecule has 1 aromatic heterocycles. The number of hydrogen-bond donors (Lipinski definition) is 1. The van der Waals surface area contributed by atoms with Crippen molar-refractivity contribution in [2.75, 3.05) is 11.9 Å². The van der Waals surface area contributed by atoms with E-state index in [-0.39, 0.29) is 39.2 Å². The van der Waals surface area contributed by atoms with E-state index in [0.717, 1.165) is 11.4 Å². The molecule has 0 aliphatic carbocycles. The summed E-state index contributed by atoms with van der Waals surface area (Å²) < 4.78 is 0. The molecule has 1 N–H and O–H groups in total. The van der Waals surface area contributed by atoms with Gasteiger partial charge in [-0.1, -0.05) is 48.0 Å². The Morgan fingerprint density at radius 2 is 1.43 bits per heavy atom. The first-order chi connectivity index (χ1) is 21.1. The molecule has 0 fully saturated rings. The van der Waals surface area contributed by atoms with E-state index in [1.807, 2.05) is 24.1 Å². The topological polar surface area (TPSA) is 131 Å². The van der Waals surface area contributed by atoms with Gasteiger partial charge >= 0.3 is 0 Å². The maximum atomic E-state index is 13.5. The SMILES string of the molecule is CN(c1ccc(Cl)cc1)c1ccc(C(=O)c2ccc(C(=O)c3ccc([N+](=O)[O-])cc3)c(C(O)C(=O)c3ccccc3)c2)nc1. The highest BCUT2D eigenvalue weighted by Gasteiger charge is 2.27. The Labute approximate surface area is 257 Å². The molecule has 218 valence electrons. The number of halogens is 1. The molecule has 10 heteroatoms. The Kier molecular flexibility index (Phi) is 8.71. The number of carbonyl (C=O) groups is 3. The van der Waals surface area contributed by atoms with Crippen molar-refractivity contribution in [2.24, 2.45) is 0 Å². The number of nitrogens with zero attached hydrogens (tertiary/aromatic N) is 3. The van der Waals surface area contributed by atoms with Crippen molar-refractivity contribution in [1.29, 1.82) is 0 Å². The van der Waals surface area contributed by atoms with Crippen LogP contribution in [0.1, 0.15) is 54.0 Å². The summed E-state index contributed by atoms with van der Waals surface area (Å²) in [6.45, 7) is 0. The van der Waals surface area contributed by atoms with Crippen LogP contribution >= 0.6 is 11.6 Å². The lowest BCUT2D eigenvalue weighted by Crippen LogP contribution is -2.18. The van der Waals surface area contributed by atoms with Crippen molar-refractivity contribution in [1.82, 2.24) is 4.98 Å². The zero-order chi connectivity index (χ0) is 31.4. The van der Waals surface area contributed by atoms with Crippen molar-refractivity contribution in [2.45, 2.75) is 6.10 Å². The summed E-state index contributed by atoms with van der Waals surface area (Å²) >= 11 is 5.99. The van der Waals surface area contributed by atoms with Crippen LogP contribution in [0.25, 0.3) is 0 Å². The average molecular weight is 606 g/mol. The third-order valence-corrected chi connectivity index (χ3v) is 7.33. The van der Waals surface area contributed by atoms with Gasteiger partial charge in [0.2, 0.25) is 5.78 Å². The van der Waals surface area contributed by atoms with Gasteiger partial charge < -0.3 is 10.0 Å². The molecular weight excluding hydrogens is 582 g/mol. The van der Waals surface area contributed by atoms with Gasteiger partial charge in [0.05, 0.1) is 16.8 Å². The highest BCUT2D eigenvalue weighted by molar-refractivity contribution is 6.30. The van der Waals surface area contributed by atoms with Crippen LogP contribution in [-0.2, 0) is 0 Å². The molecule has 0 spiro atoms. The number of nitro groups is 1. The van der Waals surface area contributed by atoms with Crippen molar-refractivity contribution in [3.63, 3.8) is 0 Å². The number of ketones is 3. The first kappa shape index (κ1) is 30.0. The molecule has 1 atom stereocenters. The second kappa shape index (κ2) is 12.8. The Bertz CT molecular complexity index is 1860. The molecule has 0 saturated carbocycles. The van der Waals surface area contributed by atoms with E-state index in [4.69, 9.17) is 11.6 Å². The van der Waals surface area contributed by atoms with Gasteiger partial charge in [0.15, 0.2) is 11.6 Å². The molecule has 9 nitrogen and oxygen atoms in total. The van der Waals surface area contributed by atoms with E-state index in [0.29, 0.717) is 5.02 Å². The standard InChI is InChI=1S/C34H24ClN3O6/c1-37(25-14-10-24(35)11-15-25)27-16-18-30(36-20-27)32(40)23-9-17-28(31(39)22-7-12-26(13-8-22)38(43)44)29(19-23)34(42)33(41)21-5-3-2-4-6-21/h2-20,34,42H,1H3. The van der Waals surface area contributed by atoms with Crippen LogP contribution in [0.15, 0.2) is 115 Å². The zero-order valence-corrected chi connectivity index (χ0v) is 24.0. The van der Waals surface area contributed by atoms with Crippen molar-refractivity contribution >= 4 is 46.0 Å². The number of anilines is 2. The van der Waals surface area contributed by atoms with Crippen LogP contribution in [0.4, 0.5) is 17.1 Å². The Hall–Kier alpha value is -5.51. The fourth-order valence-electron chi connectivity index (χ4n) is 4.61. The zero-order valence-electron chi connectivity index (χ0n) is 23.3. The van der Waals surface area contributed by atoms with E-state index in [1.54, 1.807) is 48.7 Å². The van der Waals surface area contributed by atoms with Crippen LogP contribution in [0.2, 0.25) is 5.02 Å². The van der Waals surface area contributed by atoms with Crippen LogP contribution in [0.5, 0.6) is 0 Å². The minimum Gasteiger partial charge on any atom is -0.380 e. The fraction of sp³-hybridized carbons (Fsp3) is 0.0588. The van der Waals surface area contributed by atoms with Gasteiger partial charge in [-0.15, -0.1) is 0 Å². The molecule has 1 heterocycles. The quantitative estimate of drug-likeness (QED) is 0.105. The normalized spacial score (nSPS) is 11.4. The van der Waals surface area contributed by atoms with Gasteiger partial charge in [0.1, 0.15) is 11.8 Å². The van der Waals surface area contributed by atoms with Crippen LogP contribution in [-0.4, -0.2) is 39.4 Å². The Balaban J connectivity index is 1.49. The van der Waals surface area contributed by atoms with E-state index in [1.165, 1.54) is 54.6 Å². The predicted molar refractivity (Wildman–Crippen MR) is 166 cm³/mol. The number of Topliss-reactive ketones (excluding diaryl/α,β-unsaturated/α-hetero) is 1. The molecule has 0 aliphatic rings. The number of rotatable bonds is 10. The molecule has 0 aliphatic heterocycles. The Morgan fingerprint density at radius 3 is 2.05 bits per heavy atom. The number of pyridine rings is 1. The van der Waals surface area contributed by atoms with Gasteiger partial charge in [-0.3, -0.25) is 29.5 Å². The van der Waals surface area contributed by atoms with Crippen molar-refractivity contribution in [3.05, 3.63) is 164 Å². The third kappa shape index (κ3) is 6.29. The second-order valence-corrected chi connectivity index (χ2v) is 10.3. The monoisotopic (exact) mass is 605 g/mol. The lowest BCUT2D eigenvalue weighted by molar-refractivity contribution is -0.384. The smallest absolute Gasteiger partial charge is 0.269 e. The minimum absolute atomic E-state index is 0.0277. The minimum atomic E-state index is -1.77. The number of aliphatic hydroxyl groups excluding tert-OH is 1. The van der Waals surface area contributed by atoms with Gasteiger partial charge in [-0.25, -0.2) is 0 Å². The Morgan fingerprint density at radius 1 is 0.795 bits per heavy atom. The first-order valence-electron chi connectivity index (χ1n) is 13.3. The van der Waals surface area contributed by atoms with E-state index >= 15 is 0 Å². The average Bonchev–Trinajstić information content (AvgIpc) is 3.07. The molecule has 5 aromatic rings. The number of non-ortho nitro benzene ring substituents is 1. The largest absolute Gasteiger partial charge is 0.380 e.